The van der Waals surface area contributed by atoms with Crippen molar-refractivity contribution in [1.82, 2.24) is 0 Å². The summed E-state index contributed by atoms with van der Waals surface area (Å²) in [6, 6.07) is 0. The van der Waals surface area contributed by atoms with Crippen LogP contribution in [0.15, 0.2) is 12.7 Å². The molecule has 1 nitrogen and oxygen atoms in total. The summed E-state index contributed by atoms with van der Waals surface area (Å²) in [6.45, 7) is 17.5. The molecular formula is C14H33N. The minimum absolute atomic E-state index is 0.884. The third kappa shape index (κ3) is 1060. The van der Waals surface area contributed by atoms with Crippen molar-refractivity contribution >= 4 is 0 Å². The molecule has 2 N–H and O–H groups in total. The normalized spacial score (nSPS) is 5.40. The van der Waals surface area contributed by atoms with Crippen molar-refractivity contribution in [2.75, 3.05) is 7.05 Å². The summed E-state index contributed by atoms with van der Waals surface area (Å²) in [6.07, 6.45) is 7.65. The van der Waals surface area contributed by atoms with Gasteiger partial charge in [0.05, 0.1) is 0 Å². The lowest BCUT2D eigenvalue weighted by Crippen LogP contribution is -1.77. The summed E-state index contributed by atoms with van der Waals surface area (Å²) in [4.78, 5) is 0. The SMILES string of the molecule is C#CC.C=CC.CC.CCC(C)C.CN. The number of rotatable bonds is 1. The van der Waals surface area contributed by atoms with Crippen LogP contribution in [0.3, 0.4) is 0 Å². The monoisotopic (exact) mass is 215 g/mol. The Bertz CT molecular complexity index is 88.0. The van der Waals surface area contributed by atoms with Crippen LogP contribution in [0.25, 0.3) is 0 Å². The molecule has 0 aromatic heterocycles. The molecule has 94 valence electrons. The van der Waals surface area contributed by atoms with Crippen molar-refractivity contribution in [3.8, 4) is 12.3 Å². The van der Waals surface area contributed by atoms with E-state index in [0.29, 0.717) is 0 Å². The van der Waals surface area contributed by atoms with Gasteiger partial charge < -0.3 is 5.73 Å². The number of hydrogen-bond donors (Lipinski definition) is 1. The minimum Gasteiger partial charge on any atom is -0.333 e. The molecule has 15 heavy (non-hydrogen) atoms. The van der Waals surface area contributed by atoms with Gasteiger partial charge in [0.1, 0.15) is 0 Å². The van der Waals surface area contributed by atoms with Crippen molar-refractivity contribution in [3.05, 3.63) is 12.7 Å². The highest BCUT2D eigenvalue weighted by atomic mass is 14.4. The van der Waals surface area contributed by atoms with Gasteiger partial charge in [-0.1, -0.05) is 47.1 Å². The Morgan fingerprint density at radius 2 is 1.40 bits per heavy atom. The van der Waals surface area contributed by atoms with Gasteiger partial charge in [-0.3, -0.25) is 0 Å². The zero-order valence-electron chi connectivity index (χ0n) is 12.2. The predicted molar refractivity (Wildman–Crippen MR) is 77.0 cm³/mol. The Morgan fingerprint density at radius 3 is 1.40 bits per heavy atom. The first kappa shape index (κ1) is 29.2. The molecular weight excluding hydrogens is 182 g/mol. The lowest BCUT2D eigenvalue weighted by molar-refractivity contribution is 0.626. The van der Waals surface area contributed by atoms with Crippen LogP contribution in [0.4, 0.5) is 0 Å². The summed E-state index contributed by atoms with van der Waals surface area (Å²) in [5.74, 6) is 3.13. The van der Waals surface area contributed by atoms with Crippen molar-refractivity contribution in [1.29, 1.82) is 0 Å². The average molecular weight is 215 g/mol. The van der Waals surface area contributed by atoms with Gasteiger partial charge in [0.25, 0.3) is 0 Å². The molecule has 0 bridgehead atoms. The van der Waals surface area contributed by atoms with E-state index in [2.05, 4.69) is 45.4 Å². The Labute approximate surface area is 99.2 Å². The quantitative estimate of drug-likeness (QED) is 0.506. The third-order valence-electron chi connectivity index (χ3n) is 0.816. The third-order valence-corrected chi connectivity index (χ3v) is 0.816. The molecule has 0 unspecified atom stereocenters. The summed E-state index contributed by atoms with van der Waals surface area (Å²) in [5.41, 5.74) is 4.50. The molecule has 0 aliphatic carbocycles. The highest BCUT2D eigenvalue weighted by molar-refractivity contribution is 4.73. The molecule has 0 aliphatic heterocycles. The van der Waals surface area contributed by atoms with E-state index >= 15 is 0 Å². The van der Waals surface area contributed by atoms with E-state index in [1.54, 1.807) is 13.0 Å². The first-order valence-electron chi connectivity index (χ1n) is 5.62. The molecule has 0 rings (SSSR count). The minimum atomic E-state index is 0.884. The van der Waals surface area contributed by atoms with Gasteiger partial charge in [-0.05, 0) is 26.8 Å². The molecule has 0 aromatic carbocycles. The molecule has 0 spiro atoms. The Morgan fingerprint density at radius 1 is 1.33 bits per heavy atom. The molecule has 0 amide bonds. The second kappa shape index (κ2) is 72.0. The van der Waals surface area contributed by atoms with Crippen molar-refractivity contribution < 1.29 is 0 Å². The van der Waals surface area contributed by atoms with Crippen LogP contribution in [-0.4, -0.2) is 7.05 Å². The first-order valence-corrected chi connectivity index (χ1v) is 5.62. The van der Waals surface area contributed by atoms with Gasteiger partial charge in [-0.2, -0.15) is 0 Å². The van der Waals surface area contributed by atoms with E-state index in [0.717, 1.165) is 5.92 Å². The Kier molecular flexibility index (Phi) is 140. The van der Waals surface area contributed by atoms with Crippen molar-refractivity contribution in [2.45, 2.75) is 54.9 Å². The average Bonchev–Trinajstić information content (AvgIpc) is 2.26. The van der Waals surface area contributed by atoms with Gasteiger partial charge in [0.15, 0.2) is 0 Å². The standard InChI is InChI=1S/C5H12.C3H6.C3H4.C2H6.CH5N/c1-4-5(2)3;2*1-3-2;2*1-2/h5H,4H2,1-3H3;3H,1H2,2H3;1H,2H3;1-2H3;2H2,1H3. The van der Waals surface area contributed by atoms with Crippen LogP contribution in [-0.2, 0) is 0 Å². The second-order valence-electron chi connectivity index (χ2n) is 2.50. The molecule has 0 aliphatic rings. The summed E-state index contributed by atoms with van der Waals surface area (Å²) < 4.78 is 0. The summed E-state index contributed by atoms with van der Waals surface area (Å²) in [5, 5.41) is 0. The van der Waals surface area contributed by atoms with Gasteiger partial charge in [0, 0.05) is 0 Å². The van der Waals surface area contributed by atoms with Crippen LogP contribution >= 0.6 is 0 Å². The van der Waals surface area contributed by atoms with Crippen LogP contribution in [0.2, 0.25) is 0 Å². The maximum absolute atomic E-state index is 4.60. The maximum Gasteiger partial charge on any atom is -0.00297 e. The number of hydrogen-bond acceptors (Lipinski definition) is 1. The van der Waals surface area contributed by atoms with Gasteiger partial charge in [-0.25, -0.2) is 0 Å². The highest BCUT2D eigenvalue weighted by Gasteiger charge is 1.80. The molecule has 0 saturated carbocycles. The largest absolute Gasteiger partial charge is 0.333 e. The summed E-state index contributed by atoms with van der Waals surface area (Å²) in [7, 11) is 1.50. The van der Waals surface area contributed by atoms with Gasteiger partial charge in [0.2, 0.25) is 0 Å². The van der Waals surface area contributed by atoms with Crippen LogP contribution < -0.4 is 5.73 Å². The van der Waals surface area contributed by atoms with Gasteiger partial charge in [-0.15, -0.1) is 18.9 Å². The maximum atomic E-state index is 4.60. The van der Waals surface area contributed by atoms with Crippen LogP contribution in [0, 0.1) is 18.3 Å². The second-order valence-corrected chi connectivity index (χ2v) is 2.50. The van der Waals surface area contributed by atoms with E-state index in [9.17, 15) is 0 Å². The fourth-order valence-electron chi connectivity index (χ4n) is 0. The fourth-order valence-corrected chi connectivity index (χ4v) is 0. The Balaban J connectivity index is -0.0000000296. The lowest BCUT2D eigenvalue weighted by Gasteiger charge is -1.90. The zero-order valence-corrected chi connectivity index (χ0v) is 12.2. The molecule has 0 radical (unpaired) electrons. The van der Waals surface area contributed by atoms with E-state index in [1.807, 2.05) is 20.8 Å². The highest BCUT2D eigenvalue weighted by Crippen LogP contribution is 1.93. The molecule has 1 heteroatoms. The van der Waals surface area contributed by atoms with Crippen LogP contribution in [0.5, 0.6) is 0 Å². The number of nitrogens with two attached hydrogens (primary N) is 1. The Hall–Kier alpha value is -0.740. The van der Waals surface area contributed by atoms with Gasteiger partial charge >= 0.3 is 0 Å². The molecule has 0 fully saturated rings. The molecule has 0 saturated heterocycles. The summed E-state index contributed by atoms with van der Waals surface area (Å²) >= 11 is 0. The zero-order chi connectivity index (χ0) is 13.7. The number of allylic oxidation sites excluding steroid dienone is 1. The van der Waals surface area contributed by atoms with E-state index < -0.39 is 0 Å². The van der Waals surface area contributed by atoms with E-state index in [-0.39, 0.29) is 0 Å². The number of terminal acetylenes is 1. The van der Waals surface area contributed by atoms with Crippen molar-refractivity contribution in [3.63, 3.8) is 0 Å². The topological polar surface area (TPSA) is 26.0 Å². The van der Waals surface area contributed by atoms with E-state index in [1.165, 1.54) is 13.5 Å². The van der Waals surface area contributed by atoms with E-state index in [4.69, 9.17) is 0 Å². The smallest absolute Gasteiger partial charge is 0.00297 e. The molecule has 0 heterocycles. The fraction of sp³-hybridized carbons (Fsp3) is 0.714. The first-order chi connectivity index (χ1) is 7.10. The van der Waals surface area contributed by atoms with Crippen LogP contribution in [0.1, 0.15) is 54.9 Å². The van der Waals surface area contributed by atoms with Crippen molar-refractivity contribution in [2.24, 2.45) is 11.7 Å². The lowest BCUT2D eigenvalue weighted by atomic mass is 10.2. The molecule has 0 aromatic rings. The predicted octanol–water partition coefficient (Wildman–Crippen LogP) is 4.49. The molecule has 0 atom stereocenters.